The lowest BCUT2D eigenvalue weighted by molar-refractivity contribution is 0.0924. The van der Waals surface area contributed by atoms with Crippen molar-refractivity contribution in [2.75, 3.05) is 4.72 Å². The van der Waals surface area contributed by atoms with Gasteiger partial charge in [-0.3, -0.25) is 9.52 Å². The van der Waals surface area contributed by atoms with Gasteiger partial charge >= 0.3 is 0 Å². The summed E-state index contributed by atoms with van der Waals surface area (Å²) in [6.07, 6.45) is 4.68. The van der Waals surface area contributed by atoms with E-state index in [4.69, 9.17) is 0 Å². The van der Waals surface area contributed by atoms with E-state index in [9.17, 15) is 13.2 Å². The van der Waals surface area contributed by atoms with E-state index in [2.05, 4.69) is 10.0 Å². The molecule has 2 aliphatic rings. The largest absolute Gasteiger partial charge is 0.349 e. The molecule has 2 aromatic carbocycles. The first-order valence-corrected chi connectivity index (χ1v) is 10.9. The van der Waals surface area contributed by atoms with Crippen LogP contribution in [0.2, 0.25) is 0 Å². The number of para-hydroxylation sites is 1. The molecule has 5 nitrogen and oxygen atoms in total. The normalized spacial score (nSPS) is 24.0. The van der Waals surface area contributed by atoms with Crippen LogP contribution in [0.15, 0.2) is 53.4 Å². The molecule has 0 unspecified atom stereocenters. The Morgan fingerprint density at radius 3 is 2.41 bits per heavy atom. The monoisotopic (exact) mass is 384 g/mol. The lowest BCUT2D eigenvalue weighted by Crippen LogP contribution is -2.38. The molecule has 2 fully saturated rings. The number of sulfonamides is 1. The predicted molar refractivity (Wildman–Crippen MR) is 105 cm³/mol. The minimum absolute atomic E-state index is 0.177. The fourth-order valence-corrected chi connectivity index (χ4v) is 5.44. The van der Waals surface area contributed by atoms with Crippen molar-refractivity contribution >= 4 is 21.6 Å². The molecule has 2 bridgehead atoms. The Morgan fingerprint density at radius 1 is 1.00 bits per heavy atom. The second-order valence-corrected chi connectivity index (χ2v) is 9.40. The van der Waals surface area contributed by atoms with E-state index in [1.165, 1.54) is 19.3 Å². The molecule has 0 radical (unpaired) electrons. The highest BCUT2D eigenvalue weighted by Gasteiger charge is 2.40. The molecule has 0 aliphatic heterocycles. The average molecular weight is 385 g/mol. The summed E-state index contributed by atoms with van der Waals surface area (Å²) in [7, 11) is -3.75. The third-order valence-electron chi connectivity index (χ3n) is 5.80. The minimum Gasteiger partial charge on any atom is -0.349 e. The van der Waals surface area contributed by atoms with Crippen molar-refractivity contribution in [1.29, 1.82) is 0 Å². The van der Waals surface area contributed by atoms with Crippen LogP contribution < -0.4 is 10.0 Å². The summed E-state index contributed by atoms with van der Waals surface area (Å²) >= 11 is 0. The van der Waals surface area contributed by atoms with Gasteiger partial charge in [0.25, 0.3) is 15.9 Å². The highest BCUT2D eigenvalue weighted by atomic mass is 32.2. The summed E-state index contributed by atoms with van der Waals surface area (Å²) in [5.74, 6) is 1.08. The molecule has 1 amide bonds. The number of anilines is 1. The first-order valence-electron chi connectivity index (χ1n) is 9.42. The molecular weight excluding hydrogens is 360 g/mol. The van der Waals surface area contributed by atoms with E-state index < -0.39 is 10.0 Å². The maximum atomic E-state index is 12.8. The number of fused-ring (bicyclic) bond motifs is 2. The number of aryl methyl sites for hydroxylation is 1. The fraction of sp³-hybridized carbons (Fsp3) is 0.381. The van der Waals surface area contributed by atoms with Gasteiger partial charge < -0.3 is 5.32 Å². The number of rotatable bonds is 5. The maximum absolute atomic E-state index is 12.8. The summed E-state index contributed by atoms with van der Waals surface area (Å²) in [6, 6.07) is 13.6. The standard InChI is InChI=1S/C21H24N2O3S/c1-14-6-10-17(11-7-14)27(25,26)23-19-5-3-2-4-18(19)21(24)22-20-13-15-8-9-16(20)12-15/h2-7,10-11,15-16,20,23H,8-9,12-13H2,1H3,(H,22,24)/t15-,16-,20-/m0/s1. The topological polar surface area (TPSA) is 75.3 Å². The molecule has 27 heavy (non-hydrogen) atoms. The van der Waals surface area contributed by atoms with Crippen LogP contribution in [0.4, 0.5) is 5.69 Å². The van der Waals surface area contributed by atoms with Crippen LogP contribution >= 0.6 is 0 Å². The summed E-state index contributed by atoms with van der Waals surface area (Å²) in [6.45, 7) is 1.90. The number of nitrogens with one attached hydrogen (secondary N) is 2. The zero-order chi connectivity index (χ0) is 19.0. The molecule has 3 atom stereocenters. The van der Waals surface area contributed by atoms with Crippen LogP contribution in [0.1, 0.15) is 41.6 Å². The van der Waals surface area contributed by atoms with Crippen LogP contribution in [-0.4, -0.2) is 20.4 Å². The van der Waals surface area contributed by atoms with Crippen LogP contribution in [0.5, 0.6) is 0 Å². The second kappa shape index (κ2) is 7.00. The van der Waals surface area contributed by atoms with Gasteiger partial charge in [-0.1, -0.05) is 36.2 Å². The molecule has 0 saturated heterocycles. The number of carbonyl (C=O) groups excluding carboxylic acids is 1. The maximum Gasteiger partial charge on any atom is 0.261 e. The molecule has 0 spiro atoms. The predicted octanol–water partition coefficient (Wildman–Crippen LogP) is 3.71. The van der Waals surface area contributed by atoms with E-state index in [0.29, 0.717) is 17.2 Å². The Bertz CT molecular complexity index is 954. The number of amides is 1. The van der Waals surface area contributed by atoms with Crippen molar-refractivity contribution in [1.82, 2.24) is 5.32 Å². The molecule has 2 aliphatic carbocycles. The first-order chi connectivity index (χ1) is 12.9. The van der Waals surface area contributed by atoms with Crippen LogP contribution in [0, 0.1) is 18.8 Å². The molecule has 0 heterocycles. The van der Waals surface area contributed by atoms with Gasteiger partial charge in [-0.05, 0) is 62.3 Å². The van der Waals surface area contributed by atoms with Gasteiger partial charge in [0.2, 0.25) is 0 Å². The lowest BCUT2D eigenvalue weighted by Gasteiger charge is -2.23. The van der Waals surface area contributed by atoms with Crippen molar-refractivity contribution in [3.8, 4) is 0 Å². The number of carbonyl (C=O) groups is 1. The van der Waals surface area contributed by atoms with Gasteiger partial charge in [-0.25, -0.2) is 8.42 Å². The van der Waals surface area contributed by atoms with Crippen LogP contribution in [0.25, 0.3) is 0 Å². The summed E-state index contributed by atoms with van der Waals surface area (Å²) in [4.78, 5) is 13.0. The quantitative estimate of drug-likeness (QED) is 0.825. The molecule has 4 rings (SSSR count). The van der Waals surface area contributed by atoms with Crippen molar-refractivity contribution < 1.29 is 13.2 Å². The first kappa shape index (κ1) is 18.0. The molecule has 142 valence electrons. The van der Waals surface area contributed by atoms with Crippen LogP contribution in [0.3, 0.4) is 0 Å². The van der Waals surface area contributed by atoms with E-state index in [-0.39, 0.29) is 16.8 Å². The van der Waals surface area contributed by atoms with E-state index in [1.807, 2.05) is 6.92 Å². The van der Waals surface area contributed by atoms with Gasteiger partial charge in [0, 0.05) is 6.04 Å². The molecular formula is C21H24N2O3S. The van der Waals surface area contributed by atoms with Gasteiger partial charge in [0.05, 0.1) is 16.1 Å². The number of hydrogen-bond acceptors (Lipinski definition) is 3. The Labute approximate surface area is 160 Å². The average Bonchev–Trinajstić information content (AvgIpc) is 3.25. The molecule has 2 N–H and O–H groups in total. The Morgan fingerprint density at radius 2 is 1.74 bits per heavy atom. The number of benzene rings is 2. The van der Waals surface area contributed by atoms with E-state index in [1.54, 1.807) is 48.5 Å². The van der Waals surface area contributed by atoms with E-state index >= 15 is 0 Å². The zero-order valence-corrected chi connectivity index (χ0v) is 16.1. The summed E-state index contributed by atoms with van der Waals surface area (Å²) in [5, 5.41) is 3.13. The molecule has 2 saturated carbocycles. The SMILES string of the molecule is Cc1ccc(S(=O)(=O)Nc2ccccc2C(=O)N[C@H]2C[C@H]3CC[C@H]2C3)cc1. The summed E-state index contributed by atoms with van der Waals surface area (Å²) in [5.41, 5.74) is 1.65. The van der Waals surface area contributed by atoms with Crippen molar-refractivity contribution in [3.63, 3.8) is 0 Å². The second-order valence-electron chi connectivity index (χ2n) is 7.72. The van der Waals surface area contributed by atoms with Gasteiger partial charge in [-0.2, -0.15) is 0 Å². The third-order valence-corrected chi connectivity index (χ3v) is 7.18. The minimum atomic E-state index is -3.75. The van der Waals surface area contributed by atoms with Crippen molar-refractivity contribution in [2.45, 2.75) is 43.5 Å². The third kappa shape index (κ3) is 3.72. The van der Waals surface area contributed by atoms with Gasteiger partial charge in [-0.15, -0.1) is 0 Å². The molecule has 2 aromatic rings. The van der Waals surface area contributed by atoms with Gasteiger partial charge in [0.15, 0.2) is 0 Å². The van der Waals surface area contributed by atoms with Crippen LogP contribution in [-0.2, 0) is 10.0 Å². The molecule has 6 heteroatoms. The van der Waals surface area contributed by atoms with Crippen molar-refractivity contribution in [2.24, 2.45) is 11.8 Å². The smallest absolute Gasteiger partial charge is 0.261 e. The Balaban J connectivity index is 1.54. The molecule has 0 aromatic heterocycles. The zero-order valence-electron chi connectivity index (χ0n) is 15.3. The highest BCUT2D eigenvalue weighted by Crippen LogP contribution is 2.44. The van der Waals surface area contributed by atoms with Gasteiger partial charge in [0.1, 0.15) is 0 Å². The Kier molecular flexibility index (Phi) is 4.68. The lowest BCUT2D eigenvalue weighted by atomic mass is 9.95. The van der Waals surface area contributed by atoms with E-state index in [0.717, 1.165) is 17.9 Å². The Hall–Kier alpha value is -2.34. The number of hydrogen-bond donors (Lipinski definition) is 2. The van der Waals surface area contributed by atoms with Crippen molar-refractivity contribution in [3.05, 3.63) is 59.7 Å². The highest BCUT2D eigenvalue weighted by molar-refractivity contribution is 7.92. The summed E-state index contributed by atoms with van der Waals surface area (Å²) < 4.78 is 28.0. The fourth-order valence-electron chi connectivity index (χ4n) is 4.36.